The monoisotopic (exact) mass is 329 g/mol. The normalized spacial score (nSPS) is 10.7. The van der Waals surface area contributed by atoms with Gasteiger partial charge in [0.15, 0.2) is 0 Å². The van der Waals surface area contributed by atoms with Crippen LogP contribution in [0.1, 0.15) is 11.1 Å². The van der Waals surface area contributed by atoms with Crippen LogP contribution in [0.15, 0.2) is 40.9 Å². The Morgan fingerprint density at radius 1 is 0.895 bits per heavy atom. The first-order chi connectivity index (χ1) is 9.08. The number of hydrogen-bond donors (Lipinski definition) is 1. The fraction of sp³-hybridized carbons (Fsp3) is 0.143. The second-order valence-corrected chi connectivity index (χ2v) is 4.85. The first-order valence-corrected chi connectivity index (χ1v) is 6.45. The molecule has 100 valence electrons. The highest BCUT2D eigenvalue weighted by Gasteiger charge is 2.06. The van der Waals surface area contributed by atoms with Gasteiger partial charge in [-0.15, -0.1) is 0 Å². The van der Waals surface area contributed by atoms with Crippen molar-refractivity contribution in [1.29, 1.82) is 0 Å². The van der Waals surface area contributed by atoms with Crippen LogP contribution in [0.5, 0.6) is 0 Å². The molecule has 2 aromatic rings. The van der Waals surface area contributed by atoms with Gasteiger partial charge in [0, 0.05) is 18.7 Å². The van der Waals surface area contributed by atoms with Crippen LogP contribution in [0.25, 0.3) is 0 Å². The summed E-state index contributed by atoms with van der Waals surface area (Å²) in [6.07, 6.45) is 0. The van der Waals surface area contributed by atoms with E-state index in [9.17, 15) is 13.2 Å². The lowest BCUT2D eigenvalue weighted by Crippen LogP contribution is -2.14. The molecule has 0 aromatic heterocycles. The zero-order chi connectivity index (χ0) is 13.8. The van der Waals surface area contributed by atoms with Crippen LogP contribution in [0, 0.1) is 17.5 Å². The van der Waals surface area contributed by atoms with Crippen LogP contribution in [-0.4, -0.2) is 0 Å². The minimum Gasteiger partial charge on any atom is -0.308 e. The molecule has 5 heteroatoms. The lowest BCUT2D eigenvalue weighted by atomic mass is 10.2. The second-order valence-electron chi connectivity index (χ2n) is 4.05. The SMILES string of the molecule is Fc1ccc(F)c(CNCc2cccc(F)c2Br)c1. The Hall–Kier alpha value is -1.33. The zero-order valence-corrected chi connectivity index (χ0v) is 11.5. The predicted octanol–water partition coefficient (Wildman–Crippen LogP) is 4.16. The van der Waals surface area contributed by atoms with E-state index in [4.69, 9.17) is 0 Å². The number of rotatable bonds is 4. The number of hydrogen-bond acceptors (Lipinski definition) is 1. The molecule has 2 rings (SSSR count). The minimum atomic E-state index is -0.481. The fourth-order valence-electron chi connectivity index (χ4n) is 1.70. The lowest BCUT2D eigenvalue weighted by molar-refractivity contribution is 0.567. The van der Waals surface area contributed by atoms with Crippen molar-refractivity contribution in [3.8, 4) is 0 Å². The van der Waals surface area contributed by atoms with E-state index in [2.05, 4.69) is 21.2 Å². The molecule has 0 spiro atoms. The largest absolute Gasteiger partial charge is 0.308 e. The van der Waals surface area contributed by atoms with Crippen molar-refractivity contribution in [2.45, 2.75) is 13.1 Å². The third-order valence-corrected chi connectivity index (χ3v) is 3.56. The molecule has 19 heavy (non-hydrogen) atoms. The van der Waals surface area contributed by atoms with Crippen molar-refractivity contribution in [2.24, 2.45) is 0 Å². The molecule has 2 aromatic carbocycles. The molecule has 0 bridgehead atoms. The van der Waals surface area contributed by atoms with Crippen LogP contribution in [0.3, 0.4) is 0 Å². The van der Waals surface area contributed by atoms with Gasteiger partial charge in [0.2, 0.25) is 0 Å². The highest BCUT2D eigenvalue weighted by atomic mass is 79.9. The van der Waals surface area contributed by atoms with Crippen molar-refractivity contribution in [2.75, 3.05) is 0 Å². The van der Waals surface area contributed by atoms with Gasteiger partial charge in [-0.2, -0.15) is 0 Å². The quantitative estimate of drug-likeness (QED) is 0.888. The molecule has 1 N–H and O–H groups in total. The van der Waals surface area contributed by atoms with Gasteiger partial charge in [0.25, 0.3) is 0 Å². The Bertz CT molecular complexity index is 585. The van der Waals surface area contributed by atoms with E-state index in [0.29, 0.717) is 11.0 Å². The molecule has 0 saturated carbocycles. The molecule has 0 unspecified atom stereocenters. The third kappa shape index (κ3) is 3.58. The Balaban J connectivity index is 2.00. The smallest absolute Gasteiger partial charge is 0.137 e. The topological polar surface area (TPSA) is 12.0 Å². The van der Waals surface area contributed by atoms with Crippen molar-refractivity contribution in [1.82, 2.24) is 5.32 Å². The maximum absolute atomic E-state index is 13.4. The van der Waals surface area contributed by atoms with Gasteiger partial charge in [-0.25, -0.2) is 13.2 Å². The van der Waals surface area contributed by atoms with Crippen LogP contribution >= 0.6 is 15.9 Å². The van der Waals surface area contributed by atoms with E-state index in [-0.39, 0.29) is 17.9 Å². The summed E-state index contributed by atoms with van der Waals surface area (Å²) >= 11 is 3.14. The van der Waals surface area contributed by atoms with Crippen molar-refractivity contribution in [3.63, 3.8) is 0 Å². The van der Waals surface area contributed by atoms with Crippen LogP contribution in [-0.2, 0) is 13.1 Å². The lowest BCUT2D eigenvalue weighted by Gasteiger charge is -2.08. The molecule has 0 radical (unpaired) electrons. The second kappa shape index (κ2) is 6.21. The molecule has 0 atom stereocenters. The summed E-state index contributed by atoms with van der Waals surface area (Å²) in [5, 5.41) is 2.95. The highest BCUT2D eigenvalue weighted by Crippen LogP contribution is 2.20. The zero-order valence-electron chi connectivity index (χ0n) is 9.89. The fourth-order valence-corrected chi connectivity index (χ4v) is 2.10. The molecule has 0 amide bonds. The van der Waals surface area contributed by atoms with Gasteiger partial charge in [-0.3, -0.25) is 0 Å². The van der Waals surface area contributed by atoms with E-state index < -0.39 is 11.6 Å². The number of nitrogens with one attached hydrogen (secondary N) is 1. The maximum atomic E-state index is 13.4. The van der Waals surface area contributed by atoms with E-state index in [1.54, 1.807) is 12.1 Å². The Labute approximate surface area is 117 Å². The predicted molar refractivity (Wildman–Crippen MR) is 71.0 cm³/mol. The first kappa shape index (κ1) is 14.1. The van der Waals surface area contributed by atoms with Crippen LogP contribution < -0.4 is 5.32 Å². The Kier molecular flexibility index (Phi) is 4.61. The van der Waals surface area contributed by atoms with Gasteiger partial charge in [0.1, 0.15) is 17.5 Å². The summed E-state index contributed by atoms with van der Waals surface area (Å²) in [5.41, 5.74) is 0.962. The molecule has 0 saturated heterocycles. The van der Waals surface area contributed by atoms with E-state index >= 15 is 0 Å². The van der Waals surface area contributed by atoms with E-state index in [1.165, 1.54) is 6.07 Å². The van der Waals surface area contributed by atoms with Crippen molar-refractivity contribution < 1.29 is 13.2 Å². The van der Waals surface area contributed by atoms with Gasteiger partial charge in [-0.05, 0) is 45.8 Å². The molecule has 0 aliphatic rings. The van der Waals surface area contributed by atoms with Crippen LogP contribution in [0.2, 0.25) is 0 Å². The summed E-state index contributed by atoms with van der Waals surface area (Å²) in [5.74, 6) is -1.30. The first-order valence-electron chi connectivity index (χ1n) is 5.65. The van der Waals surface area contributed by atoms with Crippen molar-refractivity contribution in [3.05, 3.63) is 69.4 Å². The van der Waals surface area contributed by atoms with Crippen molar-refractivity contribution >= 4 is 15.9 Å². The standard InChI is InChI=1S/C14H11BrF3N/c15-14-9(2-1-3-13(14)18)7-19-8-10-6-11(16)4-5-12(10)17/h1-6,19H,7-8H2. The highest BCUT2D eigenvalue weighted by molar-refractivity contribution is 9.10. The van der Waals surface area contributed by atoms with Gasteiger partial charge in [0.05, 0.1) is 4.47 Å². The molecular weight excluding hydrogens is 319 g/mol. The van der Waals surface area contributed by atoms with E-state index in [0.717, 1.165) is 23.8 Å². The van der Waals surface area contributed by atoms with Gasteiger partial charge < -0.3 is 5.32 Å². The van der Waals surface area contributed by atoms with Gasteiger partial charge in [-0.1, -0.05) is 12.1 Å². The number of benzene rings is 2. The summed E-state index contributed by atoms with van der Waals surface area (Å²) in [4.78, 5) is 0. The van der Waals surface area contributed by atoms with Gasteiger partial charge >= 0.3 is 0 Å². The summed E-state index contributed by atoms with van der Waals surface area (Å²) in [6.45, 7) is 0.529. The molecule has 1 nitrogen and oxygen atoms in total. The summed E-state index contributed by atoms with van der Waals surface area (Å²) in [7, 11) is 0. The Morgan fingerprint density at radius 2 is 1.63 bits per heavy atom. The molecule has 0 heterocycles. The number of halogens is 4. The van der Waals surface area contributed by atoms with Crippen LogP contribution in [0.4, 0.5) is 13.2 Å². The molecule has 0 aliphatic heterocycles. The third-order valence-electron chi connectivity index (χ3n) is 2.67. The minimum absolute atomic E-state index is 0.173. The molecular formula is C14H11BrF3N. The molecule has 0 aliphatic carbocycles. The molecule has 0 fully saturated rings. The maximum Gasteiger partial charge on any atom is 0.137 e. The van der Waals surface area contributed by atoms with E-state index in [1.807, 2.05) is 0 Å². The average Bonchev–Trinajstić information content (AvgIpc) is 2.38. The Morgan fingerprint density at radius 3 is 2.42 bits per heavy atom. The average molecular weight is 330 g/mol. The summed E-state index contributed by atoms with van der Waals surface area (Å²) < 4.78 is 40.0. The summed E-state index contributed by atoms with van der Waals surface area (Å²) in [6, 6.07) is 8.00.